The highest BCUT2D eigenvalue weighted by Crippen LogP contribution is 2.29. The van der Waals surface area contributed by atoms with Gasteiger partial charge in [0, 0.05) is 41.8 Å². The number of benzene rings is 2. The molecule has 1 N–H and O–H groups in total. The van der Waals surface area contributed by atoms with Gasteiger partial charge in [-0.15, -0.1) is 0 Å². The first-order valence-electron chi connectivity index (χ1n) is 10.9. The standard InChI is InChI=1S/C25H26FN3O3/c1-3-13-29-14-12-22-20(15-29)23(19-6-4-5-7-21(19)28-22)25(31)32-16(2)24(30)27-18-10-8-17(26)9-11-18/h4-11,16H,3,12-15H2,1-2H3,(H,27,30). The molecule has 0 fully saturated rings. The van der Waals surface area contributed by atoms with Crippen molar-refractivity contribution in [1.82, 2.24) is 9.88 Å². The second-order valence-corrected chi connectivity index (χ2v) is 8.00. The molecule has 7 heteroatoms. The van der Waals surface area contributed by atoms with Gasteiger partial charge in [0.2, 0.25) is 0 Å². The van der Waals surface area contributed by atoms with E-state index >= 15 is 0 Å². The van der Waals surface area contributed by atoms with Crippen LogP contribution >= 0.6 is 0 Å². The SMILES string of the molecule is CCCN1CCc2nc3ccccc3c(C(=O)OC(C)C(=O)Nc3ccc(F)cc3)c2C1. The lowest BCUT2D eigenvalue weighted by molar-refractivity contribution is -0.123. The van der Waals surface area contributed by atoms with Crippen LogP contribution in [-0.4, -0.2) is 41.0 Å². The highest BCUT2D eigenvalue weighted by molar-refractivity contribution is 6.06. The van der Waals surface area contributed by atoms with Gasteiger partial charge in [-0.3, -0.25) is 14.7 Å². The van der Waals surface area contributed by atoms with Gasteiger partial charge in [-0.25, -0.2) is 9.18 Å². The molecule has 0 aliphatic carbocycles. The normalized spacial score (nSPS) is 14.6. The van der Waals surface area contributed by atoms with E-state index in [1.807, 2.05) is 24.3 Å². The third-order valence-electron chi connectivity index (χ3n) is 5.63. The van der Waals surface area contributed by atoms with E-state index in [0.29, 0.717) is 17.8 Å². The minimum Gasteiger partial charge on any atom is -0.449 e. The number of amides is 1. The van der Waals surface area contributed by atoms with Crippen molar-refractivity contribution in [2.24, 2.45) is 0 Å². The summed E-state index contributed by atoms with van der Waals surface area (Å²) in [5, 5.41) is 3.37. The first kappa shape index (κ1) is 21.9. The van der Waals surface area contributed by atoms with Gasteiger partial charge in [0.25, 0.3) is 5.91 Å². The minimum atomic E-state index is -1.02. The molecule has 1 aliphatic rings. The maximum Gasteiger partial charge on any atom is 0.339 e. The first-order chi connectivity index (χ1) is 15.5. The van der Waals surface area contributed by atoms with E-state index in [1.165, 1.54) is 31.2 Å². The monoisotopic (exact) mass is 435 g/mol. The molecular weight excluding hydrogens is 409 g/mol. The molecule has 1 unspecified atom stereocenters. The average molecular weight is 435 g/mol. The zero-order valence-electron chi connectivity index (χ0n) is 18.2. The highest BCUT2D eigenvalue weighted by atomic mass is 19.1. The quantitative estimate of drug-likeness (QED) is 0.584. The Balaban J connectivity index is 1.60. The number of halogens is 1. The summed E-state index contributed by atoms with van der Waals surface area (Å²) >= 11 is 0. The molecule has 32 heavy (non-hydrogen) atoms. The Kier molecular flexibility index (Phi) is 6.46. The van der Waals surface area contributed by atoms with Crippen LogP contribution in [0.25, 0.3) is 10.9 Å². The predicted molar refractivity (Wildman–Crippen MR) is 121 cm³/mol. The number of rotatable bonds is 6. The fourth-order valence-corrected chi connectivity index (χ4v) is 4.04. The van der Waals surface area contributed by atoms with Gasteiger partial charge in [-0.05, 0) is 50.2 Å². The Morgan fingerprint density at radius 2 is 1.94 bits per heavy atom. The van der Waals surface area contributed by atoms with E-state index in [0.717, 1.165) is 48.1 Å². The summed E-state index contributed by atoms with van der Waals surface area (Å²) in [6.07, 6.45) is 0.767. The van der Waals surface area contributed by atoms with E-state index < -0.39 is 23.8 Å². The van der Waals surface area contributed by atoms with Crippen molar-refractivity contribution in [3.8, 4) is 0 Å². The molecule has 1 atom stereocenters. The van der Waals surface area contributed by atoms with E-state index in [-0.39, 0.29) is 0 Å². The van der Waals surface area contributed by atoms with Crippen LogP contribution < -0.4 is 5.32 Å². The highest BCUT2D eigenvalue weighted by Gasteiger charge is 2.28. The van der Waals surface area contributed by atoms with Crippen LogP contribution in [-0.2, 0) is 22.5 Å². The number of fused-ring (bicyclic) bond motifs is 2. The Bertz CT molecular complexity index is 1150. The van der Waals surface area contributed by atoms with Crippen molar-refractivity contribution >= 4 is 28.5 Å². The van der Waals surface area contributed by atoms with Gasteiger partial charge >= 0.3 is 5.97 Å². The third-order valence-corrected chi connectivity index (χ3v) is 5.63. The molecule has 2 aromatic carbocycles. The summed E-state index contributed by atoms with van der Waals surface area (Å²) < 4.78 is 18.7. The number of esters is 1. The van der Waals surface area contributed by atoms with Crippen molar-refractivity contribution in [3.63, 3.8) is 0 Å². The van der Waals surface area contributed by atoms with E-state index in [9.17, 15) is 14.0 Å². The number of ether oxygens (including phenoxy) is 1. The topological polar surface area (TPSA) is 71.5 Å². The molecule has 1 amide bonds. The first-order valence-corrected chi connectivity index (χ1v) is 10.9. The molecule has 0 spiro atoms. The number of carbonyl (C=O) groups excluding carboxylic acids is 2. The zero-order chi connectivity index (χ0) is 22.7. The maximum atomic E-state index is 13.3. The number of hydrogen-bond donors (Lipinski definition) is 1. The Labute approximate surface area is 186 Å². The lowest BCUT2D eigenvalue weighted by atomic mass is 9.95. The van der Waals surface area contributed by atoms with Crippen LogP contribution in [0.5, 0.6) is 0 Å². The largest absolute Gasteiger partial charge is 0.449 e. The summed E-state index contributed by atoms with van der Waals surface area (Å²) in [5.41, 5.74) is 3.44. The fourth-order valence-electron chi connectivity index (χ4n) is 4.04. The summed E-state index contributed by atoms with van der Waals surface area (Å²) in [7, 11) is 0. The van der Waals surface area contributed by atoms with E-state index in [2.05, 4.69) is 17.1 Å². The van der Waals surface area contributed by atoms with Crippen molar-refractivity contribution < 1.29 is 18.7 Å². The van der Waals surface area contributed by atoms with Crippen LogP contribution in [0.4, 0.5) is 10.1 Å². The molecule has 3 aromatic rings. The van der Waals surface area contributed by atoms with Gasteiger partial charge in [0.05, 0.1) is 11.1 Å². The van der Waals surface area contributed by atoms with Crippen molar-refractivity contribution in [1.29, 1.82) is 0 Å². The number of nitrogens with one attached hydrogen (secondary N) is 1. The molecule has 1 aromatic heterocycles. The Morgan fingerprint density at radius 1 is 1.19 bits per heavy atom. The minimum absolute atomic E-state index is 0.395. The van der Waals surface area contributed by atoms with Gasteiger partial charge in [-0.2, -0.15) is 0 Å². The number of anilines is 1. The number of nitrogens with zero attached hydrogens (tertiary/aromatic N) is 2. The van der Waals surface area contributed by atoms with Gasteiger partial charge in [0.15, 0.2) is 6.10 Å². The second-order valence-electron chi connectivity index (χ2n) is 8.00. The number of hydrogen-bond acceptors (Lipinski definition) is 5. The number of aromatic nitrogens is 1. The summed E-state index contributed by atoms with van der Waals surface area (Å²) in [5.74, 6) is -1.42. The maximum absolute atomic E-state index is 13.3. The molecule has 0 saturated carbocycles. The summed E-state index contributed by atoms with van der Waals surface area (Å²) in [6, 6.07) is 12.9. The number of carbonyl (C=O) groups is 2. The van der Waals surface area contributed by atoms with Crippen LogP contribution in [0.1, 0.15) is 41.9 Å². The van der Waals surface area contributed by atoms with Gasteiger partial charge in [0.1, 0.15) is 5.82 Å². The van der Waals surface area contributed by atoms with Crippen LogP contribution in [0, 0.1) is 5.82 Å². The van der Waals surface area contributed by atoms with Crippen LogP contribution in [0.2, 0.25) is 0 Å². The lowest BCUT2D eigenvalue weighted by Gasteiger charge is -2.29. The molecule has 166 valence electrons. The van der Waals surface area contributed by atoms with Crippen molar-refractivity contribution in [2.45, 2.75) is 39.3 Å². The molecule has 6 nitrogen and oxygen atoms in total. The average Bonchev–Trinajstić information content (AvgIpc) is 2.79. The Hall–Kier alpha value is -3.32. The fraction of sp³-hybridized carbons (Fsp3) is 0.320. The molecular formula is C25H26FN3O3. The zero-order valence-corrected chi connectivity index (χ0v) is 18.2. The molecule has 1 aliphatic heterocycles. The van der Waals surface area contributed by atoms with E-state index in [1.54, 1.807) is 0 Å². The van der Waals surface area contributed by atoms with Gasteiger partial charge < -0.3 is 10.1 Å². The molecule has 0 saturated heterocycles. The van der Waals surface area contributed by atoms with Crippen LogP contribution in [0.15, 0.2) is 48.5 Å². The van der Waals surface area contributed by atoms with Crippen LogP contribution in [0.3, 0.4) is 0 Å². The smallest absolute Gasteiger partial charge is 0.339 e. The van der Waals surface area contributed by atoms with Crippen molar-refractivity contribution in [2.75, 3.05) is 18.4 Å². The Morgan fingerprint density at radius 3 is 2.69 bits per heavy atom. The van der Waals surface area contributed by atoms with E-state index in [4.69, 9.17) is 9.72 Å². The summed E-state index contributed by atoms with van der Waals surface area (Å²) in [6.45, 7) is 6.12. The molecule has 0 radical (unpaired) electrons. The predicted octanol–water partition coefficient (Wildman–Crippen LogP) is 4.33. The lowest BCUT2D eigenvalue weighted by Crippen LogP contribution is -2.34. The molecule has 4 rings (SSSR count). The molecule has 2 heterocycles. The molecule has 0 bridgehead atoms. The number of para-hydroxylation sites is 1. The summed E-state index contributed by atoms with van der Waals surface area (Å²) in [4.78, 5) is 33.0. The third kappa shape index (κ3) is 4.62. The van der Waals surface area contributed by atoms with Crippen molar-refractivity contribution in [3.05, 3.63) is 71.2 Å². The van der Waals surface area contributed by atoms with Gasteiger partial charge in [-0.1, -0.05) is 25.1 Å². The number of pyridine rings is 1. The second kappa shape index (κ2) is 9.44.